The van der Waals surface area contributed by atoms with Gasteiger partial charge in [-0.2, -0.15) is 0 Å². The van der Waals surface area contributed by atoms with Crippen LogP contribution in [0.15, 0.2) is 70.6 Å². The lowest BCUT2D eigenvalue weighted by atomic mass is 9.70. The van der Waals surface area contributed by atoms with Gasteiger partial charge in [-0.15, -0.1) is 0 Å². The van der Waals surface area contributed by atoms with Crippen LogP contribution in [0.5, 0.6) is 0 Å². The third-order valence-electron chi connectivity index (χ3n) is 6.32. The zero-order valence-corrected chi connectivity index (χ0v) is 14.7. The summed E-state index contributed by atoms with van der Waals surface area (Å²) in [4.78, 5) is 10.1. The Bertz CT molecular complexity index is 802. The molecule has 0 amide bonds. The number of aliphatic imine (C=N–C) groups is 2. The van der Waals surface area contributed by atoms with Gasteiger partial charge in [-0.3, -0.25) is 9.98 Å². The van der Waals surface area contributed by atoms with E-state index in [1.165, 1.54) is 24.3 Å². The van der Waals surface area contributed by atoms with Crippen molar-refractivity contribution in [3.05, 3.63) is 60.7 Å². The summed E-state index contributed by atoms with van der Waals surface area (Å²) in [5.41, 5.74) is 4.75. The van der Waals surface area contributed by atoms with Crippen LogP contribution in [0.4, 0.5) is 11.4 Å². The molecule has 0 heterocycles. The Kier molecular flexibility index (Phi) is 3.45. The molecule has 2 unspecified atom stereocenters. The highest BCUT2D eigenvalue weighted by Crippen LogP contribution is 2.63. The fourth-order valence-electron chi connectivity index (χ4n) is 4.44. The van der Waals surface area contributed by atoms with Gasteiger partial charge in [0, 0.05) is 11.3 Å². The van der Waals surface area contributed by atoms with E-state index in [0.29, 0.717) is 5.92 Å². The summed E-state index contributed by atoms with van der Waals surface area (Å²) in [6, 6.07) is 20.6. The van der Waals surface area contributed by atoms with Gasteiger partial charge in [0.05, 0.1) is 22.8 Å². The van der Waals surface area contributed by atoms with Crippen LogP contribution in [0.2, 0.25) is 0 Å². The van der Waals surface area contributed by atoms with Crippen molar-refractivity contribution in [2.45, 2.75) is 33.6 Å². The summed E-state index contributed by atoms with van der Waals surface area (Å²) in [6.45, 7) is 7.15. The van der Waals surface area contributed by atoms with Crippen LogP contribution in [0.1, 0.15) is 33.6 Å². The molecular formula is C22H24N2. The lowest BCUT2D eigenvalue weighted by Crippen LogP contribution is -2.33. The predicted octanol–water partition coefficient (Wildman–Crippen LogP) is 5.99. The van der Waals surface area contributed by atoms with Gasteiger partial charge < -0.3 is 0 Å². The Labute approximate surface area is 144 Å². The minimum Gasteiger partial charge on any atom is -0.251 e. The average Bonchev–Trinajstić information content (AvgIpc) is 2.90. The molecule has 122 valence electrons. The normalized spacial score (nSPS) is 31.0. The summed E-state index contributed by atoms with van der Waals surface area (Å²) in [5, 5.41) is 0. The van der Waals surface area contributed by atoms with Gasteiger partial charge in [0.1, 0.15) is 0 Å². The van der Waals surface area contributed by atoms with Crippen LogP contribution >= 0.6 is 0 Å². The molecule has 2 fully saturated rings. The largest absolute Gasteiger partial charge is 0.251 e. The highest BCUT2D eigenvalue weighted by molar-refractivity contribution is 6.48. The number of hydrogen-bond acceptors (Lipinski definition) is 2. The monoisotopic (exact) mass is 316 g/mol. The Morgan fingerprint density at radius 2 is 1.33 bits per heavy atom. The molecule has 0 N–H and O–H groups in total. The Morgan fingerprint density at radius 3 is 1.92 bits per heavy atom. The molecule has 2 nitrogen and oxygen atoms in total. The first-order valence-corrected chi connectivity index (χ1v) is 8.80. The molecule has 0 spiro atoms. The standard InChI is InChI=1S/C22H24N2/c1-21(2)18-14-15-22(21,3)20(24-17-12-8-5-9-13-17)19(18)23-16-10-6-4-7-11-16/h4-13,18H,14-15H2,1-3H3. The molecule has 0 saturated heterocycles. The summed E-state index contributed by atoms with van der Waals surface area (Å²) >= 11 is 0. The maximum absolute atomic E-state index is 5.07. The fraction of sp³-hybridized carbons (Fsp3) is 0.364. The van der Waals surface area contributed by atoms with Gasteiger partial charge in [0.25, 0.3) is 0 Å². The molecule has 24 heavy (non-hydrogen) atoms. The van der Waals surface area contributed by atoms with E-state index in [9.17, 15) is 0 Å². The van der Waals surface area contributed by atoms with E-state index < -0.39 is 0 Å². The van der Waals surface area contributed by atoms with E-state index in [4.69, 9.17) is 9.98 Å². The molecule has 4 rings (SSSR count). The zero-order chi connectivity index (χ0) is 16.8. The first kappa shape index (κ1) is 15.3. The maximum Gasteiger partial charge on any atom is 0.0693 e. The van der Waals surface area contributed by atoms with Crippen LogP contribution < -0.4 is 0 Å². The first-order chi connectivity index (χ1) is 11.5. The van der Waals surface area contributed by atoms with Gasteiger partial charge in [-0.1, -0.05) is 57.2 Å². The number of para-hydroxylation sites is 2. The van der Waals surface area contributed by atoms with Crippen molar-refractivity contribution in [3.63, 3.8) is 0 Å². The van der Waals surface area contributed by atoms with Crippen molar-refractivity contribution in [2.75, 3.05) is 0 Å². The summed E-state index contributed by atoms with van der Waals surface area (Å²) < 4.78 is 0. The van der Waals surface area contributed by atoms with Crippen molar-refractivity contribution in [3.8, 4) is 0 Å². The third kappa shape index (κ3) is 2.16. The summed E-state index contributed by atoms with van der Waals surface area (Å²) in [7, 11) is 0. The Hall–Kier alpha value is -2.22. The van der Waals surface area contributed by atoms with Gasteiger partial charge in [-0.05, 0) is 42.5 Å². The Balaban J connectivity index is 1.88. The van der Waals surface area contributed by atoms with E-state index in [1.54, 1.807) is 0 Å². The second-order valence-corrected chi connectivity index (χ2v) is 7.77. The SMILES string of the molecule is CC12CCC(C(=Nc3ccccc3)C1=Nc1ccccc1)C2(C)C. The smallest absolute Gasteiger partial charge is 0.0693 e. The molecule has 0 aliphatic heterocycles. The number of nitrogens with zero attached hydrogens (tertiary/aromatic N) is 2. The van der Waals surface area contributed by atoms with Crippen molar-refractivity contribution in [1.29, 1.82) is 0 Å². The van der Waals surface area contributed by atoms with Crippen LogP contribution in [-0.2, 0) is 0 Å². The van der Waals surface area contributed by atoms with Gasteiger partial charge in [0.15, 0.2) is 0 Å². The molecule has 2 aromatic carbocycles. The highest BCUT2D eigenvalue weighted by atomic mass is 14.9. The summed E-state index contributed by atoms with van der Waals surface area (Å²) in [6.07, 6.45) is 2.41. The molecule has 2 atom stereocenters. The molecular weight excluding hydrogens is 292 g/mol. The van der Waals surface area contributed by atoms with E-state index in [2.05, 4.69) is 45.0 Å². The minimum absolute atomic E-state index is 0.0983. The lowest BCUT2D eigenvalue weighted by Gasteiger charge is -2.33. The fourth-order valence-corrected chi connectivity index (χ4v) is 4.44. The molecule has 2 aliphatic carbocycles. The van der Waals surface area contributed by atoms with Gasteiger partial charge >= 0.3 is 0 Å². The molecule has 0 aromatic heterocycles. The van der Waals surface area contributed by atoms with Crippen molar-refractivity contribution < 1.29 is 0 Å². The Morgan fingerprint density at radius 1 is 0.792 bits per heavy atom. The quantitative estimate of drug-likeness (QED) is 0.650. The van der Waals surface area contributed by atoms with E-state index in [-0.39, 0.29) is 10.8 Å². The number of hydrogen-bond donors (Lipinski definition) is 0. The number of fused-ring (bicyclic) bond motifs is 2. The lowest BCUT2D eigenvalue weighted by molar-refractivity contribution is 0.208. The average molecular weight is 316 g/mol. The zero-order valence-electron chi connectivity index (χ0n) is 14.7. The maximum atomic E-state index is 5.07. The van der Waals surface area contributed by atoms with Crippen LogP contribution in [0.3, 0.4) is 0 Å². The van der Waals surface area contributed by atoms with Gasteiger partial charge in [0.2, 0.25) is 0 Å². The number of rotatable bonds is 2. The van der Waals surface area contributed by atoms with Crippen molar-refractivity contribution in [2.24, 2.45) is 26.7 Å². The van der Waals surface area contributed by atoms with E-state index in [1.807, 2.05) is 36.4 Å². The van der Waals surface area contributed by atoms with Crippen LogP contribution in [0, 0.1) is 16.7 Å². The van der Waals surface area contributed by atoms with Crippen LogP contribution in [-0.4, -0.2) is 11.4 Å². The highest BCUT2D eigenvalue weighted by Gasteiger charge is 2.63. The molecule has 2 saturated carbocycles. The molecule has 0 radical (unpaired) electrons. The number of benzene rings is 2. The first-order valence-electron chi connectivity index (χ1n) is 8.80. The molecule has 2 aliphatic rings. The second-order valence-electron chi connectivity index (χ2n) is 7.77. The second kappa shape index (κ2) is 5.41. The third-order valence-corrected chi connectivity index (χ3v) is 6.32. The van der Waals surface area contributed by atoms with E-state index in [0.717, 1.165) is 11.4 Å². The molecule has 2 bridgehead atoms. The van der Waals surface area contributed by atoms with Crippen molar-refractivity contribution >= 4 is 22.8 Å². The van der Waals surface area contributed by atoms with Crippen LogP contribution in [0.25, 0.3) is 0 Å². The summed E-state index contributed by atoms with van der Waals surface area (Å²) in [5.74, 6) is 0.491. The molecule has 2 heteroatoms. The van der Waals surface area contributed by atoms with Gasteiger partial charge in [-0.25, -0.2) is 0 Å². The van der Waals surface area contributed by atoms with Crippen molar-refractivity contribution in [1.82, 2.24) is 0 Å². The van der Waals surface area contributed by atoms with E-state index >= 15 is 0 Å². The predicted molar refractivity (Wildman–Crippen MR) is 102 cm³/mol. The minimum atomic E-state index is 0.0983. The topological polar surface area (TPSA) is 24.7 Å². The molecule has 2 aromatic rings.